The largest absolute Gasteiger partial charge is 0.433 e. The number of halogens is 3. The second-order valence-corrected chi connectivity index (χ2v) is 6.22. The zero-order valence-electron chi connectivity index (χ0n) is 13.9. The molecule has 0 aliphatic carbocycles. The van der Waals surface area contributed by atoms with Gasteiger partial charge < -0.3 is 10.2 Å². The van der Waals surface area contributed by atoms with Gasteiger partial charge in [0, 0.05) is 32.2 Å². The molecule has 1 fully saturated rings. The maximum Gasteiger partial charge on any atom is 0.433 e. The first-order chi connectivity index (χ1) is 11.3. The zero-order valence-corrected chi connectivity index (χ0v) is 13.9. The number of carbonyl (C=O) groups excluding carboxylic acids is 1. The lowest BCUT2D eigenvalue weighted by molar-refractivity contribution is -0.141. The average Bonchev–Trinajstić information content (AvgIpc) is 2.71. The van der Waals surface area contributed by atoms with Crippen LogP contribution in [0.3, 0.4) is 0 Å². The van der Waals surface area contributed by atoms with Crippen molar-refractivity contribution in [2.45, 2.75) is 32.5 Å². The van der Waals surface area contributed by atoms with Gasteiger partial charge in [-0.15, -0.1) is 0 Å². The Morgan fingerprint density at radius 3 is 2.67 bits per heavy atom. The van der Waals surface area contributed by atoms with Crippen LogP contribution in [-0.4, -0.2) is 54.6 Å². The van der Waals surface area contributed by atoms with Crippen molar-refractivity contribution in [3.63, 3.8) is 0 Å². The Bertz CT molecular complexity index is 562. The summed E-state index contributed by atoms with van der Waals surface area (Å²) in [6.45, 7) is 6.63. The molecule has 8 heteroatoms. The Kier molecular flexibility index (Phi) is 6.04. The van der Waals surface area contributed by atoms with E-state index in [0.717, 1.165) is 19.0 Å². The highest BCUT2D eigenvalue weighted by molar-refractivity contribution is 5.78. The van der Waals surface area contributed by atoms with Crippen LogP contribution in [0.2, 0.25) is 0 Å². The minimum atomic E-state index is -4.44. The second kappa shape index (κ2) is 7.83. The maximum absolute atomic E-state index is 12.8. The van der Waals surface area contributed by atoms with Crippen LogP contribution in [0.4, 0.5) is 19.0 Å². The Morgan fingerprint density at radius 1 is 1.25 bits per heavy atom. The van der Waals surface area contributed by atoms with Gasteiger partial charge >= 0.3 is 6.18 Å². The Morgan fingerprint density at radius 2 is 2.00 bits per heavy atom. The van der Waals surface area contributed by atoms with E-state index < -0.39 is 11.9 Å². The number of hydrogen-bond acceptors (Lipinski definition) is 4. The summed E-state index contributed by atoms with van der Waals surface area (Å²) >= 11 is 0. The highest BCUT2D eigenvalue weighted by Gasteiger charge is 2.33. The number of anilines is 1. The lowest BCUT2D eigenvalue weighted by Crippen LogP contribution is -2.41. The van der Waals surface area contributed by atoms with Crippen LogP contribution in [0.15, 0.2) is 18.2 Å². The number of aromatic nitrogens is 1. The third-order valence-electron chi connectivity index (χ3n) is 3.75. The summed E-state index contributed by atoms with van der Waals surface area (Å²) in [7, 11) is 0. The minimum Gasteiger partial charge on any atom is -0.355 e. The van der Waals surface area contributed by atoms with Crippen molar-refractivity contribution in [1.82, 2.24) is 15.2 Å². The van der Waals surface area contributed by atoms with Crippen LogP contribution in [-0.2, 0) is 11.0 Å². The summed E-state index contributed by atoms with van der Waals surface area (Å²) < 4.78 is 38.4. The molecule has 1 amide bonds. The van der Waals surface area contributed by atoms with Gasteiger partial charge in [0.15, 0.2) is 0 Å². The van der Waals surface area contributed by atoms with Gasteiger partial charge in [0.25, 0.3) is 0 Å². The number of nitrogens with one attached hydrogen (secondary N) is 1. The van der Waals surface area contributed by atoms with Gasteiger partial charge in [-0.1, -0.05) is 6.07 Å². The standard InChI is InChI=1S/C16H23F3N4O/c1-12(2)20-15(24)11-22-7-4-8-23(10-9-22)14-6-3-5-13(21-14)16(17,18)19/h3,5-6,12H,4,7-11H2,1-2H3,(H,20,24). The smallest absolute Gasteiger partial charge is 0.355 e. The predicted octanol–water partition coefficient (Wildman–Crippen LogP) is 2.14. The van der Waals surface area contributed by atoms with Crippen molar-refractivity contribution in [2.24, 2.45) is 0 Å². The molecule has 0 radical (unpaired) electrons. The van der Waals surface area contributed by atoms with Crippen molar-refractivity contribution in [1.29, 1.82) is 0 Å². The number of hydrogen-bond donors (Lipinski definition) is 1. The van der Waals surface area contributed by atoms with E-state index in [1.165, 1.54) is 6.07 Å². The number of rotatable bonds is 4. The van der Waals surface area contributed by atoms with E-state index in [1.807, 2.05) is 23.6 Å². The summed E-state index contributed by atoms with van der Waals surface area (Å²) in [4.78, 5) is 19.4. The van der Waals surface area contributed by atoms with E-state index in [9.17, 15) is 18.0 Å². The van der Waals surface area contributed by atoms with E-state index in [2.05, 4.69) is 10.3 Å². The summed E-state index contributed by atoms with van der Waals surface area (Å²) in [6, 6.07) is 4.04. The van der Waals surface area contributed by atoms with E-state index in [4.69, 9.17) is 0 Å². The molecule has 2 heterocycles. The van der Waals surface area contributed by atoms with Gasteiger partial charge in [-0.25, -0.2) is 4.98 Å². The second-order valence-electron chi connectivity index (χ2n) is 6.22. The summed E-state index contributed by atoms with van der Waals surface area (Å²) in [5, 5.41) is 2.85. The third-order valence-corrected chi connectivity index (χ3v) is 3.75. The first kappa shape index (κ1) is 18.5. The fraction of sp³-hybridized carbons (Fsp3) is 0.625. The molecule has 0 bridgehead atoms. The summed E-state index contributed by atoms with van der Waals surface area (Å²) in [5.41, 5.74) is -0.877. The first-order valence-electron chi connectivity index (χ1n) is 8.06. The summed E-state index contributed by atoms with van der Waals surface area (Å²) in [6.07, 6.45) is -3.67. The van der Waals surface area contributed by atoms with Crippen molar-refractivity contribution in [3.8, 4) is 0 Å². The van der Waals surface area contributed by atoms with Crippen molar-refractivity contribution < 1.29 is 18.0 Å². The number of pyridine rings is 1. The maximum atomic E-state index is 12.8. The van der Waals surface area contributed by atoms with Crippen LogP contribution >= 0.6 is 0 Å². The molecule has 0 saturated carbocycles. The monoisotopic (exact) mass is 344 g/mol. The van der Waals surface area contributed by atoms with Crippen LogP contribution < -0.4 is 10.2 Å². The molecule has 1 N–H and O–H groups in total. The number of carbonyl (C=O) groups is 1. The van der Waals surface area contributed by atoms with E-state index in [0.29, 0.717) is 32.0 Å². The molecular formula is C16H23F3N4O. The Labute approximate surface area is 139 Å². The molecule has 0 aromatic carbocycles. The number of amides is 1. The molecule has 1 aromatic rings. The Balaban J connectivity index is 1.97. The van der Waals surface area contributed by atoms with Gasteiger partial charge in [0.05, 0.1) is 6.54 Å². The molecule has 1 aliphatic rings. The average molecular weight is 344 g/mol. The van der Waals surface area contributed by atoms with E-state index >= 15 is 0 Å². The molecule has 24 heavy (non-hydrogen) atoms. The quantitative estimate of drug-likeness (QED) is 0.909. The molecule has 1 aromatic heterocycles. The minimum absolute atomic E-state index is 0.0318. The normalized spacial score (nSPS) is 17.0. The molecule has 0 unspecified atom stereocenters. The predicted molar refractivity (Wildman–Crippen MR) is 85.8 cm³/mol. The fourth-order valence-corrected chi connectivity index (χ4v) is 2.69. The molecular weight excluding hydrogens is 321 g/mol. The van der Waals surface area contributed by atoms with Crippen LogP contribution in [0.5, 0.6) is 0 Å². The highest BCUT2D eigenvalue weighted by Crippen LogP contribution is 2.29. The lowest BCUT2D eigenvalue weighted by Gasteiger charge is -2.23. The molecule has 1 aliphatic heterocycles. The zero-order chi connectivity index (χ0) is 17.7. The molecule has 2 rings (SSSR count). The number of alkyl halides is 3. The van der Waals surface area contributed by atoms with Gasteiger partial charge in [-0.05, 0) is 32.4 Å². The molecule has 0 atom stereocenters. The van der Waals surface area contributed by atoms with E-state index in [-0.39, 0.29) is 11.9 Å². The number of nitrogens with zero attached hydrogens (tertiary/aromatic N) is 3. The molecule has 134 valence electrons. The van der Waals surface area contributed by atoms with Gasteiger partial charge in [-0.3, -0.25) is 9.69 Å². The van der Waals surface area contributed by atoms with Gasteiger partial charge in [0.1, 0.15) is 11.5 Å². The first-order valence-corrected chi connectivity index (χ1v) is 8.06. The lowest BCUT2D eigenvalue weighted by atomic mass is 10.3. The van der Waals surface area contributed by atoms with Crippen LogP contribution in [0.1, 0.15) is 26.0 Å². The SMILES string of the molecule is CC(C)NC(=O)CN1CCCN(c2cccc(C(F)(F)F)n2)CC1. The molecule has 0 spiro atoms. The Hall–Kier alpha value is -1.83. The van der Waals surface area contributed by atoms with Crippen molar-refractivity contribution >= 4 is 11.7 Å². The van der Waals surface area contributed by atoms with Crippen LogP contribution in [0.25, 0.3) is 0 Å². The van der Waals surface area contributed by atoms with Crippen molar-refractivity contribution in [3.05, 3.63) is 23.9 Å². The third kappa shape index (κ3) is 5.36. The summed E-state index contributed by atoms with van der Waals surface area (Å²) in [5.74, 6) is 0.300. The highest BCUT2D eigenvalue weighted by atomic mass is 19.4. The fourth-order valence-electron chi connectivity index (χ4n) is 2.69. The van der Waals surface area contributed by atoms with Crippen LogP contribution in [0, 0.1) is 0 Å². The molecule has 1 saturated heterocycles. The van der Waals surface area contributed by atoms with Gasteiger partial charge in [0.2, 0.25) is 5.91 Å². The van der Waals surface area contributed by atoms with Crippen molar-refractivity contribution in [2.75, 3.05) is 37.6 Å². The topological polar surface area (TPSA) is 48.5 Å². The van der Waals surface area contributed by atoms with E-state index in [1.54, 1.807) is 6.07 Å². The molecule has 5 nitrogen and oxygen atoms in total. The van der Waals surface area contributed by atoms with Gasteiger partial charge in [-0.2, -0.15) is 13.2 Å².